The third-order valence-corrected chi connectivity index (χ3v) is 3.00. The third-order valence-electron chi connectivity index (χ3n) is 3.00. The van der Waals surface area contributed by atoms with Gasteiger partial charge in [0.15, 0.2) is 5.78 Å². The Balaban J connectivity index is 2.51. The Hall–Kier alpha value is -2.09. The van der Waals surface area contributed by atoms with Crippen molar-refractivity contribution in [2.45, 2.75) is 20.8 Å². The smallest absolute Gasteiger partial charge is 0.193 e. The minimum Gasteiger partial charge on any atom is -0.399 e. The molecule has 2 rings (SSSR count). The number of ketones is 1. The molecule has 2 aromatic carbocycles. The maximum Gasteiger partial charge on any atom is 0.193 e. The molecule has 2 heteroatoms. The minimum absolute atomic E-state index is 0.0339. The number of rotatable bonds is 2. The van der Waals surface area contributed by atoms with Gasteiger partial charge >= 0.3 is 0 Å². The summed E-state index contributed by atoms with van der Waals surface area (Å²) in [6, 6.07) is 11.4. The Bertz CT molecular complexity index is 594. The van der Waals surface area contributed by atoms with Crippen LogP contribution in [0.25, 0.3) is 0 Å². The fourth-order valence-corrected chi connectivity index (χ4v) is 2.08. The maximum absolute atomic E-state index is 12.5. The van der Waals surface area contributed by atoms with Crippen molar-refractivity contribution in [1.29, 1.82) is 0 Å². The van der Waals surface area contributed by atoms with Gasteiger partial charge in [0.25, 0.3) is 0 Å². The minimum atomic E-state index is 0.0339. The fraction of sp³-hybridized carbons (Fsp3) is 0.188. The number of hydrogen-bond acceptors (Lipinski definition) is 2. The van der Waals surface area contributed by atoms with E-state index in [0.29, 0.717) is 11.3 Å². The number of anilines is 1. The van der Waals surface area contributed by atoms with E-state index >= 15 is 0 Å². The molecule has 0 fully saturated rings. The third kappa shape index (κ3) is 2.43. The molecule has 0 aliphatic rings. The second kappa shape index (κ2) is 4.65. The molecule has 0 aliphatic carbocycles. The van der Waals surface area contributed by atoms with Crippen LogP contribution in [0, 0.1) is 20.8 Å². The SMILES string of the molecule is Cc1cc(N)cc(C(=O)c2cc(C)ccc2C)c1. The lowest BCUT2D eigenvalue weighted by Crippen LogP contribution is -2.05. The van der Waals surface area contributed by atoms with E-state index in [1.807, 2.05) is 51.1 Å². The fourth-order valence-electron chi connectivity index (χ4n) is 2.08. The number of nitrogen functional groups attached to an aromatic ring is 1. The molecule has 0 unspecified atom stereocenters. The second-order valence-electron chi connectivity index (χ2n) is 4.78. The van der Waals surface area contributed by atoms with Gasteiger partial charge in [-0.05, 0) is 56.2 Å². The van der Waals surface area contributed by atoms with Gasteiger partial charge in [0.05, 0.1) is 0 Å². The van der Waals surface area contributed by atoms with Crippen LogP contribution in [-0.4, -0.2) is 5.78 Å². The van der Waals surface area contributed by atoms with E-state index in [0.717, 1.165) is 22.3 Å². The van der Waals surface area contributed by atoms with Crippen LogP contribution in [0.15, 0.2) is 36.4 Å². The van der Waals surface area contributed by atoms with Crippen molar-refractivity contribution in [2.75, 3.05) is 5.73 Å². The van der Waals surface area contributed by atoms with Gasteiger partial charge < -0.3 is 5.73 Å². The highest BCUT2D eigenvalue weighted by molar-refractivity contribution is 6.10. The summed E-state index contributed by atoms with van der Waals surface area (Å²) in [6.45, 7) is 5.88. The molecule has 0 aromatic heterocycles. The molecule has 0 atom stereocenters. The Morgan fingerprint density at radius 1 is 0.944 bits per heavy atom. The standard InChI is InChI=1S/C16H17NO/c1-10-4-5-12(3)15(8-10)16(18)13-6-11(2)7-14(17)9-13/h4-9H,17H2,1-3H3. The average Bonchev–Trinajstić information content (AvgIpc) is 2.30. The van der Waals surface area contributed by atoms with Crippen LogP contribution in [0.1, 0.15) is 32.6 Å². The number of carbonyl (C=O) groups is 1. The zero-order valence-electron chi connectivity index (χ0n) is 10.9. The summed E-state index contributed by atoms with van der Waals surface area (Å²) in [7, 11) is 0. The molecule has 2 N–H and O–H groups in total. The first-order chi connectivity index (χ1) is 8.47. The molecule has 0 spiro atoms. The van der Waals surface area contributed by atoms with Gasteiger partial charge in [0.1, 0.15) is 0 Å². The molecule has 0 saturated heterocycles. The highest BCUT2D eigenvalue weighted by Gasteiger charge is 2.12. The molecule has 0 saturated carbocycles. The van der Waals surface area contributed by atoms with E-state index in [-0.39, 0.29) is 5.78 Å². The van der Waals surface area contributed by atoms with E-state index in [4.69, 9.17) is 5.73 Å². The van der Waals surface area contributed by atoms with Crippen LogP contribution in [0.5, 0.6) is 0 Å². The van der Waals surface area contributed by atoms with Gasteiger partial charge in [-0.2, -0.15) is 0 Å². The van der Waals surface area contributed by atoms with Crippen molar-refractivity contribution in [2.24, 2.45) is 0 Å². The molecule has 0 bridgehead atoms. The summed E-state index contributed by atoms with van der Waals surface area (Å²) in [4.78, 5) is 12.5. The number of hydrogen-bond donors (Lipinski definition) is 1. The predicted molar refractivity (Wildman–Crippen MR) is 74.9 cm³/mol. The van der Waals surface area contributed by atoms with Crippen LogP contribution in [-0.2, 0) is 0 Å². The van der Waals surface area contributed by atoms with Crippen molar-refractivity contribution < 1.29 is 4.79 Å². The van der Waals surface area contributed by atoms with E-state index in [1.165, 1.54) is 0 Å². The first-order valence-electron chi connectivity index (χ1n) is 5.96. The topological polar surface area (TPSA) is 43.1 Å². The van der Waals surface area contributed by atoms with E-state index in [2.05, 4.69) is 0 Å². The molecule has 0 radical (unpaired) electrons. The van der Waals surface area contributed by atoms with Gasteiger partial charge in [-0.25, -0.2) is 0 Å². The van der Waals surface area contributed by atoms with Crippen LogP contribution in [0.3, 0.4) is 0 Å². The lowest BCUT2D eigenvalue weighted by molar-refractivity contribution is 0.103. The average molecular weight is 239 g/mol. The van der Waals surface area contributed by atoms with Crippen molar-refractivity contribution in [3.05, 3.63) is 64.2 Å². The molecule has 0 amide bonds. The van der Waals surface area contributed by atoms with Crippen molar-refractivity contribution in [3.8, 4) is 0 Å². The lowest BCUT2D eigenvalue weighted by atomic mass is 9.96. The maximum atomic E-state index is 12.5. The highest BCUT2D eigenvalue weighted by Crippen LogP contribution is 2.19. The normalized spacial score (nSPS) is 10.4. The van der Waals surface area contributed by atoms with Crippen LogP contribution < -0.4 is 5.73 Å². The molecule has 2 nitrogen and oxygen atoms in total. The van der Waals surface area contributed by atoms with E-state index < -0.39 is 0 Å². The predicted octanol–water partition coefficient (Wildman–Crippen LogP) is 3.43. The van der Waals surface area contributed by atoms with Crippen molar-refractivity contribution in [3.63, 3.8) is 0 Å². The van der Waals surface area contributed by atoms with Crippen LogP contribution in [0.2, 0.25) is 0 Å². The van der Waals surface area contributed by atoms with Crippen molar-refractivity contribution >= 4 is 11.5 Å². The highest BCUT2D eigenvalue weighted by atomic mass is 16.1. The summed E-state index contributed by atoms with van der Waals surface area (Å²) < 4.78 is 0. The first kappa shape index (κ1) is 12.4. The Morgan fingerprint density at radius 3 is 2.33 bits per heavy atom. The van der Waals surface area contributed by atoms with Gasteiger partial charge in [-0.3, -0.25) is 4.79 Å². The first-order valence-corrected chi connectivity index (χ1v) is 5.96. The van der Waals surface area contributed by atoms with Gasteiger partial charge in [0.2, 0.25) is 0 Å². The molecule has 0 aliphatic heterocycles. The zero-order chi connectivity index (χ0) is 13.3. The molecular weight excluding hydrogens is 222 g/mol. The van der Waals surface area contributed by atoms with Gasteiger partial charge in [0, 0.05) is 16.8 Å². The number of benzene rings is 2. The van der Waals surface area contributed by atoms with Crippen LogP contribution >= 0.6 is 0 Å². The number of aryl methyl sites for hydroxylation is 3. The zero-order valence-corrected chi connectivity index (χ0v) is 10.9. The number of carbonyl (C=O) groups excluding carboxylic acids is 1. The van der Waals surface area contributed by atoms with Crippen molar-refractivity contribution in [1.82, 2.24) is 0 Å². The summed E-state index contributed by atoms with van der Waals surface area (Å²) >= 11 is 0. The molecule has 18 heavy (non-hydrogen) atoms. The molecular formula is C16H17NO. The number of nitrogens with two attached hydrogens (primary N) is 1. The monoisotopic (exact) mass is 239 g/mol. The largest absolute Gasteiger partial charge is 0.399 e. The second-order valence-corrected chi connectivity index (χ2v) is 4.78. The molecule has 0 heterocycles. The molecule has 2 aromatic rings. The summed E-state index contributed by atoms with van der Waals surface area (Å²) in [5, 5.41) is 0. The molecule has 92 valence electrons. The van der Waals surface area contributed by atoms with Gasteiger partial charge in [-0.1, -0.05) is 17.7 Å². The summed E-state index contributed by atoms with van der Waals surface area (Å²) in [5.74, 6) is 0.0339. The lowest BCUT2D eigenvalue weighted by Gasteiger charge is -2.08. The van der Waals surface area contributed by atoms with E-state index in [1.54, 1.807) is 6.07 Å². The quantitative estimate of drug-likeness (QED) is 0.644. The Kier molecular flexibility index (Phi) is 3.19. The summed E-state index contributed by atoms with van der Waals surface area (Å²) in [6.07, 6.45) is 0. The summed E-state index contributed by atoms with van der Waals surface area (Å²) in [5.41, 5.74) is 10.9. The van der Waals surface area contributed by atoms with Crippen LogP contribution in [0.4, 0.5) is 5.69 Å². The van der Waals surface area contributed by atoms with E-state index in [9.17, 15) is 4.79 Å². The Labute approximate surface area is 107 Å². The Morgan fingerprint density at radius 2 is 1.67 bits per heavy atom. The van der Waals surface area contributed by atoms with Gasteiger partial charge in [-0.15, -0.1) is 0 Å².